The average Bonchev–Trinajstić information content (AvgIpc) is 3.19. The van der Waals surface area contributed by atoms with Gasteiger partial charge in [-0.15, -0.1) is 11.3 Å². The van der Waals surface area contributed by atoms with Crippen LogP contribution < -0.4 is 0 Å². The van der Waals surface area contributed by atoms with Crippen LogP contribution in [0.15, 0.2) is 11.6 Å². The molecule has 1 saturated heterocycles. The quantitative estimate of drug-likeness (QED) is 0.832. The second-order valence-electron chi connectivity index (χ2n) is 5.84. The first-order chi connectivity index (χ1) is 10.1. The lowest BCUT2D eigenvalue weighted by Crippen LogP contribution is -2.43. The lowest BCUT2D eigenvalue weighted by molar-refractivity contribution is -0.00267. The normalized spacial score (nSPS) is 25.4. The van der Waals surface area contributed by atoms with Crippen LogP contribution in [-0.4, -0.2) is 43.2 Å². The molecule has 1 aromatic heterocycles. The van der Waals surface area contributed by atoms with Gasteiger partial charge in [0.05, 0.1) is 12.4 Å². The summed E-state index contributed by atoms with van der Waals surface area (Å²) < 4.78 is 32.3. The number of morpholine rings is 1. The third-order valence-electron chi connectivity index (χ3n) is 4.41. The molecule has 0 radical (unpaired) electrons. The highest BCUT2D eigenvalue weighted by Crippen LogP contribution is 2.29. The van der Waals surface area contributed by atoms with Crippen molar-refractivity contribution >= 4 is 21.4 Å². The second kappa shape index (κ2) is 6.73. The Bertz CT molecular complexity index is 539. The molecule has 1 aliphatic heterocycles. The minimum absolute atomic E-state index is 0.208. The van der Waals surface area contributed by atoms with Crippen LogP contribution in [-0.2, 0) is 14.8 Å². The summed E-state index contributed by atoms with van der Waals surface area (Å²) in [6.45, 7) is 1.32. The van der Waals surface area contributed by atoms with Crippen molar-refractivity contribution in [2.24, 2.45) is 5.92 Å². The molecular formula is C14H22N2O3S2. The van der Waals surface area contributed by atoms with Crippen molar-refractivity contribution in [1.29, 1.82) is 0 Å². The van der Waals surface area contributed by atoms with Crippen molar-refractivity contribution in [3.8, 4) is 0 Å². The van der Waals surface area contributed by atoms with Gasteiger partial charge in [-0.1, -0.05) is 25.7 Å². The maximum absolute atomic E-state index is 12.5. The molecule has 2 aliphatic rings. The van der Waals surface area contributed by atoms with E-state index in [4.69, 9.17) is 4.74 Å². The molecule has 0 amide bonds. The van der Waals surface area contributed by atoms with Crippen molar-refractivity contribution < 1.29 is 13.2 Å². The summed E-state index contributed by atoms with van der Waals surface area (Å²) in [5.74, 6) is 0.887. The molecular weight excluding hydrogens is 308 g/mol. The number of hydrogen-bond acceptors (Lipinski definition) is 5. The smallest absolute Gasteiger partial charge is 0.214 e. The lowest BCUT2D eigenvalue weighted by Gasteiger charge is -2.31. The van der Waals surface area contributed by atoms with Gasteiger partial charge in [0.2, 0.25) is 10.0 Å². The Balaban J connectivity index is 1.58. The van der Waals surface area contributed by atoms with Gasteiger partial charge in [-0.05, 0) is 12.3 Å². The zero-order chi connectivity index (χ0) is 14.7. The number of ether oxygens (including phenoxy) is 1. The Kier molecular flexibility index (Phi) is 4.93. The molecule has 3 rings (SSSR count). The molecule has 2 fully saturated rings. The van der Waals surface area contributed by atoms with Gasteiger partial charge in [0.1, 0.15) is 11.1 Å². The zero-order valence-electron chi connectivity index (χ0n) is 12.1. The first-order valence-electron chi connectivity index (χ1n) is 7.64. The molecule has 1 saturated carbocycles. The van der Waals surface area contributed by atoms with E-state index in [-0.39, 0.29) is 11.9 Å². The monoisotopic (exact) mass is 330 g/mol. The molecule has 118 valence electrons. The molecule has 5 nitrogen and oxygen atoms in total. The third kappa shape index (κ3) is 3.83. The van der Waals surface area contributed by atoms with Crippen LogP contribution in [0.25, 0.3) is 0 Å². The molecule has 7 heteroatoms. The molecule has 0 aromatic carbocycles. The molecule has 1 atom stereocenters. The van der Waals surface area contributed by atoms with E-state index in [1.54, 1.807) is 10.5 Å². The van der Waals surface area contributed by atoms with Crippen LogP contribution in [0, 0.1) is 5.92 Å². The summed E-state index contributed by atoms with van der Waals surface area (Å²) in [6.07, 6.45) is 7.24. The first kappa shape index (κ1) is 15.4. The SMILES string of the molecule is O=S(=O)(CCC1CCCC1)N1CCOC(c2nccs2)C1. The Morgan fingerprint density at radius 2 is 2.19 bits per heavy atom. The lowest BCUT2D eigenvalue weighted by atomic mass is 10.1. The van der Waals surface area contributed by atoms with Crippen molar-refractivity contribution in [2.75, 3.05) is 25.4 Å². The van der Waals surface area contributed by atoms with Gasteiger partial charge in [0.25, 0.3) is 0 Å². The number of aromatic nitrogens is 1. The van der Waals surface area contributed by atoms with Crippen LogP contribution in [0.1, 0.15) is 43.2 Å². The summed E-state index contributed by atoms with van der Waals surface area (Å²) in [5.41, 5.74) is 0. The Morgan fingerprint density at radius 1 is 1.38 bits per heavy atom. The van der Waals surface area contributed by atoms with Gasteiger partial charge in [0, 0.05) is 24.7 Å². The average molecular weight is 330 g/mol. The van der Waals surface area contributed by atoms with Gasteiger partial charge >= 0.3 is 0 Å². The zero-order valence-corrected chi connectivity index (χ0v) is 13.7. The number of hydrogen-bond donors (Lipinski definition) is 0. The topological polar surface area (TPSA) is 59.5 Å². The Hall–Kier alpha value is -0.500. The minimum Gasteiger partial charge on any atom is -0.368 e. The van der Waals surface area contributed by atoms with Crippen LogP contribution in [0.4, 0.5) is 0 Å². The van der Waals surface area contributed by atoms with Crippen molar-refractivity contribution in [1.82, 2.24) is 9.29 Å². The number of sulfonamides is 1. The van der Waals surface area contributed by atoms with E-state index in [2.05, 4.69) is 4.98 Å². The molecule has 0 spiro atoms. The fourth-order valence-electron chi connectivity index (χ4n) is 3.16. The molecule has 21 heavy (non-hydrogen) atoms. The Morgan fingerprint density at radius 3 is 2.90 bits per heavy atom. The summed E-state index contributed by atoms with van der Waals surface area (Å²) in [4.78, 5) is 4.24. The van der Waals surface area contributed by atoms with E-state index >= 15 is 0 Å². The molecule has 2 heterocycles. The van der Waals surface area contributed by atoms with Crippen molar-refractivity contribution in [3.05, 3.63) is 16.6 Å². The molecule has 0 N–H and O–H groups in total. The molecule has 1 aliphatic carbocycles. The molecule has 1 aromatic rings. The summed E-state index contributed by atoms with van der Waals surface area (Å²) in [6, 6.07) is 0. The van der Waals surface area contributed by atoms with Crippen molar-refractivity contribution in [3.63, 3.8) is 0 Å². The van der Waals surface area contributed by atoms with E-state index < -0.39 is 10.0 Å². The van der Waals surface area contributed by atoms with Crippen molar-refractivity contribution in [2.45, 2.75) is 38.2 Å². The van der Waals surface area contributed by atoms with Gasteiger partial charge in [-0.2, -0.15) is 4.31 Å². The first-order valence-corrected chi connectivity index (χ1v) is 10.1. The van der Waals surface area contributed by atoms with E-state index in [1.807, 2.05) is 5.38 Å². The minimum atomic E-state index is -3.16. The van der Waals surface area contributed by atoms with E-state index in [9.17, 15) is 8.42 Å². The third-order valence-corrected chi connectivity index (χ3v) is 7.15. The summed E-state index contributed by atoms with van der Waals surface area (Å²) in [7, 11) is -3.16. The van der Waals surface area contributed by atoms with E-state index in [0.717, 1.165) is 11.4 Å². The maximum Gasteiger partial charge on any atom is 0.214 e. The molecule has 1 unspecified atom stereocenters. The largest absolute Gasteiger partial charge is 0.368 e. The van der Waals surface area contributed by atoms with E-state index in [0.29, 0.717) is 25.6 Å². The summed E-state index contributed by atoms with van der Waals surface area (Å²) in [5, 5.41) is 2.76. The summed E-state index contributed by atoms with van der Waals surface area (Å²) >= 11 is 1.52. The highest BCUT2D eigenvalue weighted by Gasteiger charge is 2.31. The van der Waals surface area contributed by atoms with Gasteiger partial charge < -0.3 is 4.74 Å². The number of thiazole rings is 1. The van der Waals surface area contributed by atoms with Gasteiger partial charge in [0.15, 0.2) is 0 Å². The second-order valence-corrected chi connectivity index (χ2v) is 8.86. The van der Waals surface area contributed by atoms with Crippen LogP contribution in [0.5, 0.6) is 0 Å². The highest BCUT2D eigenvalue weighted by molar-refractivity contribution is 7.89. The van der Waals surface area contributed by atoms with E-state index in [1.165, 1.54) is 37.0 Å². The maximum atomic E-state index is 12.5. The predicted molar refractivity (Wildman–Crippen MR) is 82.7 cm³/mol. The van der Waals surface area contributed by atoms with Gasteiger partial charge in [-0.3, -0.25) is 0 Å². The number of rotatable bonds is 5. The fraction of sp³-hybridized carbons (Fsp3) is 0.786. The van der Waals surface area contributed by atoms with Crippen LogP contribution in [0.3, 0.4) is 0 Å². The van der Waals surface area contributed by atoms with Crippen LogP contribution >= 0.6 is 11.3 Å². The highest BCUT2D eigenvalue weighted by atomic mass is 32.2. The number of nitrogens with zero attached hydrogens (tertiary/aromatic N) is 2. The molecule has 0 bridgehead atoms. The van der Waals surface area contributed by atoms with Crippen LogP contribution in [0.2, 0.25) is 0 Å². The standard InChI is InChI=1S/C14H22N2O3S2/c17-21(18,10-5-12-3-1-2-4-12)16-7-8-19-13(11-16)14-15-6-9-20-14/h6,9,12-13H,1-5,7-8,10-11H2. The van der Waals surface area contributed by atoms with Gasteiger partial charge in [-0.25, -0.2) is 13.4 Å². The Labute approximate surface area is 130 Å². The fourth-order valence-corrected chi connectivity index (χ4v) is 5.45. The predicted octanol–water partition coefficient (Wildman–Crippen LogP) is 2.43.